The van der Waals surface area contributed by atoms with Gasteiger partial charge < -0.3 is 4.74 Å². The maximum atomic E-state index is 13.4. The summed E-state index contributed by atoms with van der Waals surface area (Å²) in [4.78, 5) is 0. The molecule has 0 fully saturated rings. The van der Waals surface area contributed by atoms with E-state index in [1.54, 1.807) is 24.3 Å². The first-order chi connectivity index (χ1) is 10.2. The summed E-state index contributed by atoms with van der Waals surface area (Å²) in [6, 6.07) is 10.7. The minimum atomic E-state index is -0.612. The fourth-order valence-electron chi connectivity index (χ4n) is 1.67. The first-order valence-electron chi connectivity index (χ1n) is 6.41. The Kier molecular flexibility index (Phi) is 5.59. The van der Waals surface area contributed by atoms with Gasteiger partial charge in [-0.25, -0.2) is 8.78 Å². The smallest absolute Gasteiger partial charge is 0.132 e. The van der Waals surface area contributed by atoms with Gasteiger partial charge in [-0.3, -0.25) is 0 Å². The highest BCUT2D eigenvalue weighted by Crippen LogP contribution is 2.17. The first-order valence-corrected chi connectivity index (χ1v) is 6.95. The number of halogens is 3. The quantitative estimate of drug-likeness (QED) is 0.596. The molecule has 2 aromatic rings. The SMILES string of the molecule is Fc1cccc(F)c1COc1ccc(C#CCCCl)cc1. The zero-order chi connectivity index (χ0) is 15.1. The molecule has 4 heteroatoms. The van der Waals surface area contributed by atoms with Crippen LogP contribution in [0.4, 0.5) is 8.78 Å². The summed E-state index contributed by atoms with van der Waals surface area (Å²) in [6.07, 6.45) is 0.631. The third kappa shape index (κ3) is 4.47. The van der Waals surface area contributed by atoms with Crippen LogP contribution in [0.3, 0.4) is 0 Å². The lowest BCUT2D eigenvalue weighted by molar-refractivity contribution is 0.292. The number of ether oxygens (including phenoxy) is 1. The predicted molar refractivity (Wildman–Crippen MR) is 79.3 cm³/mol. The normalized spacial score (nSPS) is 9.86. The molecular weight excluding hydrogens is 294 g/mol. The molecule has 1 nitrogen and oxygen atoms in total. The van der Waals surface area contributed by atoms with Crippen molar-refractivity contribution in [1.29, 1.82) is 0 Å². The molecule has 0 saturated carbocycles. The van der Waals surface area contributed by atoms with E-state index in [0.29, 0.717) is 18.1 Å². The summed E-state index contributed by atoms with van der Waals surface area (Å²) >= 11 is 5.53. The van der Waals surface area contributed by atoms with Crippen LogP contribution in [0, 0.1) is 23.5 Å². The standard InChI is InChI=1S/C17H13ClF2O/c18-11-2-1-4-13-7-9-14(10-8-13)21-12-15-16(19)5-3-6-17(15)20/h3,5-10H,2,11-12H2. The Hall–Kier alpha value is -2.05. The highest BCUT2D eigenvalue weighted by atomic mass is 35.5. The van der Waals surface area contributed by atoms with Crippen LogP contribution in [0.1, 0.15) is 17.5 Å². The molecule has 0 aliphatic heterocycles. The fraction of sp³-hybridized carbons (Fsp3) is 0.176. The van der Waals surface area contributed by atoms with E-state index in [9.17, 15) is 8.78 Å². The van der Waals surface area contributed by atoms with Gasteiger partial charge in [0, 0.05) is 17.9 Å². The molecule has 0 N–H and O–H groups in total. The van der Waals surface area contributed by atoms with Crippen LogP contribution < -0.4 is 4.74 Å². The summed E-state index contributed by atoms with van der Waals surface area (Å²) < 4.78 is 32.3. The summed E-state index contributed by atoms with van der Waals surface area (Å²) in [6.45, 7) is -0.157. The Bertz CT molecular complexity index is 636. The van der Waals surface area contributed by atoms with Gasteiger partial charge in [0.2, 0.25) is 0 Å². The van der Waals surface area contributed by atoms with E-state index < -0.39 is 11.6 Å². The van der Waals surface area contributed by atoms with Crippen molar-refractivity contribution in [2.45, 2.75) is 13.0 Å². The molecule has 108 valence electrons. The zero-order valence-corrected chi connectivity index (χ0v) is 12.0. The Morgan fingerprint density at radius 1 is 1.00 bits per heavy atom. The van der Waals surface area contributed by atoms with Gasteiger partial charge in [-0.2, -0.15) is 0 Å². The van der Waals surface area contributed by atoms with E-state index in [0.717, 1.165) is 5.56 Å². The van der Waals surface area contributed by atoms with Crippen molar-refractivity contribution in [1.82, 2.24) is 0 Å². The van der Waals surface area contributed by atoms with Crippen LogP contribution in [0.15, 0.2) is 42.5 Å². The van der Waals surface area contributed by atoms with Crippen LogP contribution in [-0.2, 0) is 6.61 Å². The van der Waals surface area contributed by atoms with Crippen molar-refractivity contribution in [3.05, 3.63) is 65.2 Å². The Balaban J connectivity index is 2.00. The Morgan fingerprint density at radius 3 is 2.29 bits per heavy atom. The second kappa shape index (κ2) is 7.66. The van der Waals surface area contributed by atoms with E-state index in [-0.39, 0.29) is 12.2 Å². The molecule has 0 aromatic heterocycles. The van der Waals surface area contributed by atoms with Gasteiger partial charge in [0.15, 0.2) is 0 Å². The number of alkyl halides is 1. The second-order valence-electron chi connectivity index (χ2n) is 4.25. The highest BCUT2D eigenvalue weighted by molar-refractivity contribution is 6.18. The molecule has 0 radical (unpaired) electrons. The van der Waals surface area contributed by atoms with Crippen molar-refractivity contribution in [3.8, 4) is 17.6 Å². The molecule has 0 aliphatic rings. The average Bonchev–Trinajstić information content (AvgIpc) is 2.48. The molecule has 0 heterocycles. The zero-order valence-electron chi connectivity index (χ0n) is 11.2. The number of rotatable bonds is 4. The predicted octanol–water partition coefficient (Wildman–Crippen LogP) is 4.52. The highest BCUT2D eigenvalue weighted by Gasteiger charge is 2.08. The molecule has 0 amide bonds. The second-order valence-corrected chi connectivity index (χ2v) is 4.63. The lowest BCUT2D eigenvalue weighted by Crippen LogP contribution is -2.01. The van der Waals surface area contributed by atoms with Crippen LogP contribution in [0.25, 0.3) is 0 Å². The van der Waals surface area contributed by atoms with Crippen molar-refractivity contribution >= 4 is 11.6 Å². The van der Waals surface area contributed by atoms with Crippen molar-refractivity contribution < 1.29 is 13.5 Å². The van der Waals surface area contributed by atoms with E-state index in [1.165, 1.54) is 18.2 Å². The van der Waals surface area contributed by atoms with Crippen molar-refractivity contribution in [3.63, 3.8) is 0 Å². The van der Waals surface area contributed by atoms with Crippen LogP contribution >= 0.6 is 11.6 Å². The minimum Gasteiger partial charge on any atom is -0.489 e. The summed E-state index contributed by atoms with van der Waals surface area (Å²) in [5.74, 6) is 5.68. The lowest BCUT2D eigenvalue weighted by atomic mass is 10.2. The number of benzene rings is 2. The van der Waals surface area contributed by atoms with Gasteiger partial charge in [-0.15, -0.1) is 11.6 Å². The summed E-state index contributed by atoms with van der Waals surface area (Å²) in [5.41, 5.74) is 0.757. The first kappa shape index (κ1) is 15.3. The van der Waals surface area contributed by atoms with E-state index in [2.05, 4.69) is 11.8 Å². The van der Waals surface area contributed by atoms with Gasteiger partial charge in [-0.1, -0.05) is 17.9 Å². The third-order valence-electron chi connectivity index (χ3n) is 2.75. The fourth-order valence-corrected chi connectivity index (χ4v) is 1.77. The van der Waals surface area contributed by atoms with Crippen molar-refractivity contribution in [2.24, 2.45) is 0 Å². The molecule has 0 atom stereocenters. The third-order valence-corrected chi connectivity index (χ3v) is 2.94. The van der Waals surface area contributed by atoms with Gasteiger partial charge >= 0.3 is 0 Å². The van der Waals surface area contributed by atoms with Crippen LogP contribution in [-0.4, -0.2) is 5.88 Å². The molecule has 0 saturated heterocycles. The molecule has 0 spiro atoms. The Labute approximate surface area is 127 Å². The number of hydrogen-bond acceptors (Lipinski definition) is 1. The molecule has 0 unspecified atom stereocenters. The van der Waals surface area contributed by atoms with Gasteiger partial charge in [0.25, 0.3) is 0 Å². The van der Waals surface area contributed by atoms with Gasteiger partial charge in [0.05, 0.1) is 5.56 Å². The van der Waals surface area contributed by atoms with Crippen LogP contribution in [0.5, 0.6) is 5.75 Å². The largest absolute Gasteiger partial charge is 0.489 e. The minimum absolute atomic E-state index is 0.0801. The average molecular weight is 307 g/mol. The molecule has 2 aromatic carbocycles. The number of hydrogen-bond donors (Lipinski definition) is 0. The molecule has 0 aliphatic carbocycles. The molecule has 21 heavy (non-hydrogen) atoms. The Morgan fingerprint density at radius 2 is 1.67 bits per heavy atom. The van der Waals surface area contributed by atoms with Gasteiger partial charge in [-0.05, 0) is 36.4 Å². The molecule has 0 bridgehead atoms. The lowest BCUT2D eigenvalue weighted by Gasteiger charge is -2.08. The van der Waals surface area contributed by atoms with Gasteiger partial charge in [0.1, 0.15) is 24.0 Å². The monoisotopic (exact) mass is 306 g/mol. The van der Waals surface area contributed by atoms with Crippen molar-refractivity contribution in [2.75, 3.05) is 5.88 Å². The van der Waals surface area contributed by atoms with E-state index >= 15 is 0 Å². The van der Waals surface area contributed by atoms with E-state index in [4.69, 9.17) is 16.3 Å². The molecular formula is C17H13ClF2O. The maximum absolute atomic E-state index is 13.4. The summed E-state index contributed by atoms with van der Waals surface area (Å²) in [5, 5.41) is 0. The summed E-state index contributed by atoms with van der Waals surface area (Å²) in [7, 11) is 0. The molecule has 2 rings (SSSR count). The van der Waals surface area contributed by atoms with E-state index in [1.807, 2.05) is 0 Å². The maximum Gasteiger partial charge on any atom is 0.132 e. The van der Waals surface area contributed by atoms with Crippen LogP contribution in [0.2, 0.25) is 0 Å². The topological polar surface area (TPSA) is 9.23 Å².